The van der Waals surface area contributed by atoms with Crippen LogP contribution in [0, 0.1) is 0 Å². The number of aromatic amines is 1. The minimum Gasteiger partial charge on any atom is -0.370 e. The van der Waals surface area contributed by atoms with Gasteiger partial charge < -0.3 is 5.32 Å². The predicted molar refractivity (Wildman–Crippen MR) is 66.2 cm³/mol. The summed E-state index contributed by atoms with van der Waals surface area (Å²) >= 11 is 0. The molecule has 2 aromatic rings. The number of anilines is 1. The van der Waals surface area contributed by atoms with E-state index in [9.17, 15) is 9.59 Å². The zero-order valence-electron chi connectivity index (χ0n) is 9.93. The lowest BCUT2D eigenvalue weighted by molar-refractivity contribution is 0.768. The first-order valence-electron chi connectivity index (χ1n) is 5.78. The van der Waals surface area contributed by atoms with Gasteiger partial charge in [0.2, 0.25) is 5.95 Å². The van der Waals surface area contributed by atoms with Crippen LogP contribution in [0.1, 0.15) is 12.1 Å². The van der Waals surface area contributed by atoms with Crippen molar-refractivity contribution in [2.24, 2.45) is 7.05 Å². The second-order valence-corrected chi connectivity index (χ2v) is 4.28. The molecule has 0 unspecified atom stereocenters. The molecule has 0 amide bonds. The van der Waals surface area contributed by atoms with Crippen LogP contribution in [-0.4, -0.2) is 25.6 Å². The fourth-order valence-corrected chi connectivity index (χ4v) is 2.19. The van der Waals surface area contributed by atoms with E-state index in [-0.39, 0.29) is 0 Å². The lowest BCUT2D eigenvalue weighted by atomic mass is 10.2. The Bertz CT molecular complexity index is 709. The maximum Gasteiger partial charge on any atom is 0.335 e. The Morgan fingerprint density at radius 3 is 2.94 bits per heavy atom. The van der Waals surface area contributed by atoms with Crippen LogP contribution in [0.3, 0.4) is 0 Å². The monoisotopic (exact) mass is 247 g/mol. The molecule has 7 heteroatoms. The Labute approximate surface area is 102 Å². The lowest BCUT2D eigenvalue weighted by Gasteiger charge is -2.14. The van der Waals surface area contributed by atoms with E-state index in [0.717, 1.165) is 30.9 Å². The molecule has 0 radical (unpaired) electrons. The van der Waals surface area contributed by atoms with Crippen LogP contribution in [0.5, 0.6) is 0 Å². The molecule has 0 saturated heterocycles. The summed E-state index contributed by atoms with van der Waals surface area (Å²) in [6.07, 6.45) is 3.37. The zero-order chi connectivity index (χ0) is 12.7. The molecule has 0 aliphatic carbocycles. The van der Waals surface area contributed by atoms with E-state index >= 15 is 0 Å². The average molecular weight is 247 g/mol. The van der Waals surface area contributed by atoms with E-state index in [1.165, 1.54) is 16.8 Å². The highest BCUT2D eigenvalue weighted by Gasteiger charge is 2.19. The van der Waals surface area contributed by atoms with Gasteiger partial charge in [0.15, 0.2) is 0 Å². The maximum absolute atomic E-state index is 11.7. The fourth-order valence-electron chi connectivity index (χ4n) is 2.19. The van der Waals surface area contributed by atoms with Crippen molar-refractivity contribution in [3.63, 3.8) is 0 Å². The molecular weight excluding hydrogens is 234 g/mol. The second kappa shape index (κ2) is 3.86. The number of fused-ring (bicyclic) bond motifs is 1. The first kappa shape index (κ1) is 10.8. The molecule has 0 aromatic carbocycles. The van der Waals surface area contributed by atoms with Crippen molar-refractivity contribution in [2.45, 2.75) is 12.8 Å². The van der Waals surface area contributed by atoms with Gasteiger partial charge in [-0.25, -0.2) is 14.3 Å². The van der Waals surface area contributed by atoms with Crippen LogP contribution >= 0.6 is 0 Å². The smallest absolute Gasteiger partial charge is 0.335 e. The van der Waals surface area contributed by atoms with Crippen molar-refractivity contribution in [2.75, 3.05) is 11.9 Å². The van der Waals surface area contributed by atoms with Crippen LogP contribution in [0.2, 0.25) is 0 Å². The van der Waals surface area contributed by atoms with Gasteiger partial charge in [0.25, 0.3) is 5.56 Å². The molecule has 1 aliphatic rings. The maximum atomic E-state index is 11.7. The van der Waals surface area contributed by atoms with Crippen molar-refractivity contribution in [1.82, 2.24) is 19.1 Å². The van der Waals surface area contributed by atoms with Gasteiger partial charge in [-0.05, 0) is 12.8 Å². The average Bonchev–Trinajstić information content (AvgIpc) is 2.68. The van der Waals surface area contributed by atoms with Crippen molar-refractivity contribution in [3.8, 4) is 5.95 Å². The quantitative estimate of drug-likeness (QED) is 0.719. The number of H-pyrrole nitrogens is 1. The molecule has 3 rings (SSSR count). The molecule has 1 aliphatic heterocycles. The van der Waals surface area contributed by atoms with Crippen molar-refractivity contribution in [1.29, 1.82) is 0 Å². The molecule has 7 nitrogen and oxygen atoms in total. The number of hydrogen-bond donors (Lipinski definition) is 2. The summed E-state index contributed by atoms with van der Waals surface area (Å²) in [6, 6.07) is 1.31. The first-order chi connectivity index (χ1) is 8.66. The van der Waals surface area contributed by atoms with Gasteiger partial charge in [-0.2, -0.15) is 0 Å². The third-order valence-electron chi connectivity index (χ3n) is 3.07. The number of rotatable bonds is 1. The third-order valence-corrected chi connectivity index (χ3v) is 3.07. The van der Waals surface area contributed by atoms with E-state index in [0.29, 0.717) is 5.95 Å². The Morgan fingerprint density at radius 1 is 1.39 bits per heavy atom. The number of aryl methyl sites for hydroxylation is 1. The predicted octanol–water partition coefficient (Wildman–Crippen LogP) is -0.383. The van der Waals surface area contributed by atoms with Gasteiger partial charge in [-0.3, -0.25) is 14.3 Å². The molecule has 18 heavy (non-hydrogen) atoms. The molecule has 2 N–H and O–H groups in total. The molecule has 94 valence electrons. The summed E-state index contributed by atoms with van der Waals surface area (Å²) in [5.41, 5.74) is 0.0677. The summed E-state index contributed by atoms with van der Waals surface area (Å²) in [4.78, 5) is 29.5. The highest BCUT2D eigenvalue weighted by Crippen LogP contribution is 2.22. The van der Waals surface area contributed by atoms with Crippen molar-refractivity contribution < 1.29 is 0 Å². The van der Waals surface area contributed by atoms with Gasteiger partial charge in [-0.1, -0.05) is 0 Å². The standard InChI is InChI=1S/C11H13N5O2/c1-15-9-7(3-2-5-12-9)13-10(15)16-6-4-8(17)14-11(16)18/h4,6,12H,2-3,5H2,1H3,(H,14,17,18). The number of nitrogens with zero attached hydrogens (tertiary/aromatic N) is 3. The largest absolute Gasteiger partial charge is 0.370 e. The molecule has 0 spiro atoms. The summed E-state index contributed by atoms with van der Waals surface area (Å²) in [7, 11) is 1.84. The fraction of sp³-hybridized carbons (Fsp3) is 0.364. The normalized spacial score (nSPS) is 14.1. The lowest BCUT2D eigenvalue weighted by Crippen LogP contribution is -2.29. The summed E-state index contributed by atoms with van der Waals surface area (Å²) in [5.74, 6) is 1.45. The Morgan fingerprint density at radius 2 is 2.22 bits per heavy atom. The number of hydrogen-bond acceptors (Lipinski definition) is 4. The number of aromatic nitrogens is 4. The molecule has 0 atom stereocenters. The van der Waals surface area contributed by atoms with Crippen LogP contribution in [0.4, 0.5) is 5.82 Å². The van der Waals surface area contributed by atoms with Crippen LogP contribution in [0.25, 0.3) is 5.95 Å². The summed E-state index contributed by atoms with van der Waals surface area (Å²) in [6.45, 7) is 0.909. The van der Waals surface area contributed by atoms with Crippen molar-refractivity contribution >= 4 is 5.82 Å². The van der Waals surface area contributed by atoms with E-state index in [2.05, 4.69) is 15.3 Å². The molecule has 0 fully saturated rings. The van der Waals surface area contributed by atoms with Crippen LogP contribution < -0.4 is 16.6 Å². The van der Waals surface area contributed by atoms with Gasteiger partial charge >= 0.3 is 5.69 Å². The topological polar surface area (TPSA) is 84.7 Å². The SMILES string of the molecule is Cn1c(-n2ccc(=O)[nH]c2=O)nc2c1NCCC2. The number of imidazole rings is 1. The van der Waals surface area contributed by atoms with Gasteiger partial charge in [-0.15, -0.1) is 0 Å². The highest BCUT2D eigenvalue weighted by molar-refractivity contribution is 5.48. The number of nitrogens with one attached hydrogen (secondary N) is 2. The molecule has 3 heterocycles. The van der Waals surface area contributed by atoms with Gasteiger partial charge in [0, 0.05) is 25.9 Å². The van der Waals surface area contributed by atoms with Gasteiger partial charge in [0.05, 0.1) is 5.69 Å². The van der Waals surface area contributed by atoms with E-state index in [4.69, 9.17) is 0 Å². The highest BCUT2D eigenvalue weighted by atomic mass is 16.2. The zero-order valence-corrected chi connectivity index (χ0v) is 9.93. The Balaban J connectivity index is 2.20. The van der Waals surface area contributed by atoms with Crippen LogP contribution in [0.15, 0.2) is 21.9 Å². The summed E-state index contributed by atoms with van der Waals surface area (Å²) in [5, 5.41) is 3.27. The van der Waals surface area contributed by atoms with Crippen LogP contribution in [-0.2, 0) is 13.5 Å². The molecule has 0 saturated carbocycles. The van der Waals surface area contributed by atoms with Gasteiger partial charge in [0.1, 0.15) is 5.82 Å². The Hall–Kier alpha value is -2.31. The van der Waals surface area contributed by atoms with E-state index in [1.807, 2.05) is 11.6 Å². The first-order valence-corrected chi connectivity index (χ1v) is 5.78. The minimum atomic E-state index is -0.479. The molecule has 0 bridgehead atoms. The molecular formula is C11H13N5O2. The minimum absolute atomic E-state index is 0.409. The van der Waals surface area contributed by atoms with E-state index < -0.39 is 11.2 Å². The third kappa shape index (κ3) is 1.55. The second-order valence-electron chi connectivity index (χ2n) is 4.28. The Kier molecular flexibility index (Phi) is 2.32. The molecule has 2 aromatic heterocycles. The van der Waals surface area contributed by atoms with Crippen molar-refractivity contribution in [3.05, 3.63) is 38.8 Å². The van der Waals surface area contributed by atoms with E-state index in [1.54, 1.807) is 0 Å². The summed E-state index contributed by atoms with van der Waals surface area (Å²) < 4.78 is 3.16.